The second kappa shape index (κ2) is 5.21. The number of imidazole rings is 1. The van der Waals surface area contributed by atoms with Gasteiger partial charge in [-0.1, -0.05) is 48.5 Å². The average Bonchev–Trinajstić information content (AvgIpc) is 2.94. The van der Waals surface area contributed by atoms with Gasteiger partial charge in [-0.2, -0.15) is 0 Å². The van der Waals surface area contributed by atoms with Crippen molar-refractivity contribution in [3.8, 4) is 5.69 Å². The number of nitrogens with zero attached hydrogens (tertiary/aromatic N) is 3. The van der Waals surface area contributed by atoms with Crippen molar-refractivity contribution in [2.75, 3.05) is 0 Å². The molecule has 3 aromatic rings. The molecule has 1 aromatic heterocycles. The molecule has 0 bridgehead atoms. The van der Waals surface area contributed by atoms with Crippen molar-refractivity contribution in [2.24, 2.45) is 4.99 Å². The van der Waals surface area contributed by atoms with Gasteiger partial charge < -0.3 is 5.11 Å². The summed E-state index contributed by atoms with van der Waals surface area (Å²) in [5.41, 5.74) is 4.37. The zero-order valence-electron chi connectivity index (χ0n) is 12.2. The molecule has 1 N–H and O–H groups in total. The number of hydrogen-bond donors (Lipinski definition) is 1. The molecule has 0 atom stereocenters. The summed E-state index contributed by atoms with van der Waals surface area (Å²) in [7, 11) is 0. The molecule has 0 unspecified atom stereocenters. The number of aromatic nitrogens is 2. The lowest BCUT2D eigenvalue weighted by Gasteiger charge is -2.11. The zero-order chi connectivity index (χ0) is 15.8. The minimum absolute atomic E-state index is 0.0536. The molecule has 0 amide bonds. The summed E-state index contributed by atoms with van der Waals surface area (Å²) in [5, 5.41) is 9.33. The number of carboxylic acid groups (broad SMARTS) is 1. The lowest BCUT2D eigenvalue weighted by Crippen LogP contribution is -2.06. The summed E-state index contributed by atoms with van der Waals surface area (Å²) < 4.78 is 1.82. The summed E-state index contributed by atoms with van der Waals surface area (Å²) >= 11 is 0. The summed E-state index contributed by atoms with van der Waals surface area (Å²) in [4.78, 5) is 20.1. The van der Waals surface area contributed by atoms with E-state index in [0.717, 1.165) is 22.5 Å². The summed E-state index contributed by atoms with van der Waals surface area (Å²) in [6.45, 7) is 0.278. The molecule has 1 aliphatic rings. The van der Waals surface area contributed by atoms with Crippen LogP contribution in [-0.2, 0) is 6.54 Å². The van der Waals surface area contributed by atoms with Gasteiger partial charge in [0.2, 0.25) is 0 Å². The Bertz CT molecular complexity index is 926. The molecule has 4 rings (SSSR count). The molecule has 23 heavy (non-hydrogen) atoms. The fourth-order valence-corrected chi connectivity index (χ4v) is 2.88. The van der Waals surface area contributed by atoms with Crippen LogP contribution in [0.3, 0.4) is 0 Å². The maximum atomic E-state index is 11.4. The Labute approximate surface area is 132 Å². The van der Waals surface area contributed by atoms with Crippen LogP contribution < -0.4 is 0 Å². The molecule has 112 valence electrons. The minimum Gasteiger partial charge on any atom is -0.476 e. The lowest BCUT2D eigenvalue weighted by molar-refractivity contribution is 0.0689. The SMILES string of the molecule is O=C(O)c1ncn2c1CN=C(c1ccccc1)c1ccccc1-2. The highest BCUT2D eigenvalue weighted by molar-refractivity contribution is 6.15. The molecule has 2 heterocycles. The highest BCUT2D eigenvalue weighted by Crippen LogP contribution is 2.26. The van der Waals surface area contributed by atoms with Crippen LogP contribution in [0.5, 0.6) is 0 Å². The van der Waals surface area contributed by atoms with Crippen LogP contribution in [0.4, 0.5) is 0 Å². The second-order valence-corrected chi connectivity index (χ2v) is 5.26. The Morgan fingerprint density at radius 1 is 1.04 bits per heavy atom. The predicted molar refractivity (Wildman–Crippen MR) is 86.3 cm³/mol. The van der Waals surface area contributed by atoms with Crippen molar-refractivity contribution in [2.45, 2.75) is 6.54 Å². The number of para-hydroxylation sites is 1. The minimum atomic E-state index is -1.03. The molecule has 5 nitrogen and oxygen atoms in total. The van der Waals surface area contributed by atoms with Gasteiger partial charge in [0.15, 0.2) is 5.69 Å². The van der Waals surface area contributed by atoms with Crippen LogP contribution >= 0.6 is 0 Å². The first kappa shape index (κ1) is 13.5. The van der Waals surface area contributed by atoms with Gasteiger partial charge in [-0.3, -0.25) is 9.56 Å². The Morgan fingerprint density at radius 2 is 1.78 bits per heavy atom. The smallest absolute Gasteiger partial charge is 0.356 e. The van der Waals surface area contributed by atoms with Gasteiger partial charge in [-0.05, 0) is 6.07 Å². The van der Waals surface area contributed by atoms with Gasteiger partial charge in [-0.15, -0.1) is 0 Å². The third-order valence-corrected chi connectivity index (χ3v) is 3.92. The molecule has 0 radical (unpaired) electrons. The van der Waals surface area contributed by atoms with Crippen molar-refractivity contribution in [3.63, 3.8) is 0 Å². The number of carboxylic acids is 1. The van der Waals surface area contributed by atoms with E-state index in [1.807, 2.05) is 59.2 Å². The van der Waals surface area contributed by atoms with E-state index in [1.54, 1.807) is 6.33 Å². The van der Waals surface area contributed by atoms with E-state index in [0.29, 0.717) is 5.69 Å². The Morgan fingerprint density at radius 3 is 2.57 bits per heavy atom. The largest absolute Gasteiger partial charge is 0.476 e. The summed E-state index contributed by atoms with van der Waals surface area (Å²) in [6.07, 6.45) is 1.56. The molecule has 0 spiro atoms. The molecule has 5 heteroatoms. The number of rotatable bonds is 2. The summed E-state index contributed by atoms with van der Waals surface area (Å²) in [6, 6.07) is 17.7. The van der Waals surface area contributed by atoms with E-state index < -0.39 is 5.97 Å². The monoisotopic (exact) mass is 303 g/mol. The van der Waals surface area contributed by atoms with E-state index >= 15 is 0 Å². The van der Waals surface area contributed by atoms with Crippen LogP contribution in [0.2, 0.25) is 0 Å². The lowest BCUT2D eigenvalue weighted by atomic mass is 10.0. The first-order valence-corrected chi connectivity index (χ1v) is 7.25. The third kappa shape index (κ3) is 2.14. The van der Waals surface area contributed by atoms with Crippen LogP contribution in [0.1, 0.15) is 27.3 Å². The highest BCUT2D eigenvalue weighted by atomic mass is 16.4. The van der Waals surface area contributed by atoms with Crippen molar-refractivity contribution in [1.29, 1.82) is 0 Å². The first-order chi connectivity index (χ1) is 11.3. The standard InChI is InChI=1S/C18H13N3O2/c22-18(23)17-15-10-19-16(12-6-2-1-3-7-12)13-8-4-5-9-14(13)21(15)11-20-17/h1-9,11H,10H2,(H,22,23). The highest BCUT2D eigenvalue weighted by Gasteiger charge is 2.23. The predicted octanol–water partition coefficient (Wildman–Crippen LogP) is 2.92. The molecular weight excluding hydrogens is 290 g/mol. The third-order valence-electron chi connectivity index (χ3n) is 3.92. The van der Waals surface area contributed by atoms with E-state index in [2.05, 4.69) is 9.98 Å². The van der Waals surface area contributed by atoms with Crippen molar-refractivity contribution >= 4 is 11.7 Å². The van der Waals surface area contributed by atoms with Gasteiger partial charge in [0.1, 0.15) is 6.33 Å². The van der Waals surface area contributed by atoms with Gasteiger partial charge in [-0.25, -0.2) is 9.78 Å². The Hall–Kier alpha value is -3.21. The normalized spacial score (nSPS) is 12.8. The number of hydrogen-bond acceptors (Lipinski definition) is 3. The second-order valence-electron chi connectivity index (χ2n) is 5.26. The molecule has 1 aliphatic heterocycles. The number of benzene rings is 2. The first-order valence-electron chi connectivity index (χ1n) is 7.25. The fraction of sp³-hybridized carbons (Fsp3) is 0.0556. The van der Waals surface area contributed by atoms with Gasteiger partial charge in [0.05, 0.1) is 23.6 Å². The molecule has 0 saturated heterocycles. The van der Waals surface area contributed by atoms with Crippen molar-refractivity contribution in [1.82, 2.24) is 9.55 Å². The van der Waals surface area contributed by atoms with E-state index in [9.17, 15) is 9.90 Å². The maximum absolute atomic E-state index is 11.4. The Balaban J connectivity index is 1.97. The van der Waals surface area contributed by atoms with Crippen LogP contribution in [0.15, 0.2) is 65.9 Å². The van der Waals surface area contributed by atoms with Crippen LogP contribution in [0, 0.1) is 0 Å². The molecule has 2 aromatic carbocycles. The van der Waals surface area contributed by atoms with Crippen LogP contribution in [0.25, 0.3) is 5.69 Å². The van der Waals surface area contributed by atoms with Crippen molar-refractivity contribution < 1.29 is 9.90 Å². The molecule has 0 fully saturated rings. The Kier molecular flexibility index (Phi) is 3.05. The maximum Gasteiger partial charge on any atom is 0.356 e. The van der Waals surface area contributed by atoms with E-state index in [-0.39, 0.29) is 12.2 Å². The number of aliphatic imine (C=N–C) groups is 1. The molecular formula is C18H13N3O2. The number of carbonyl (C=O) groups is 1. The van der Waals surface area contributed by atoms with E-state index in [1.165, 1.54) is 0 Å². The fourth-order valence-electron chi connectivity index (χ4n) is 2.88. The van der Waals surface area contributed by atoms with Crippen LogP contribution in [-0.4, -0.2) is 26.3 Å². The van der Waals surface area contributed by atoms with Crippen molar-refractivity contribution in [3.05, 3.63) is 83.4 Å². The zero-order valence-corrected chi connectivity index (χ0v) is 12.2. The topological polar surface area (TPSA) is 67.5 Å². The molecule has 0 aliphatic carbocycles. The van der Waals surface area contributed by atoms with E-state index in [4.69, 9.17) is 0 Å². The van der Waals surface area contributed by atoms with Gasteiger partial charge in [0.25, 0.3) is 0 Å². The van der Waals surface area contributed by atoms with Gasteiger partial charge >= 0.3 is 5.97 Å². The number of aromatic carboxylic acids is 1. The van der Waals surface area contributed by atoms with Gasteiger partial charge in [0, 0.05) is 11.1 Å². The average molecular weight is 303 g/mol. The number of fused-ring (bicyclic) bond motifs is 3. The quantitative estimate of drug-likeness (QED) is 0.791. The summed E-state index contributed by atoms with van der Waals surface area (Å²) in [5.74, 6) is -1.03. The molecule has 0 saturated carbocycles.